The van der Waals surface area contributed by atoms with Crippen LogP contribution >= 0.6 is 0 Å². The Bertz CT molecular complexity index is 866. The van der Waals surface area contributed by atoms with Gasteiger partial charge in [0.25, 0.3) is 5.56 Å². The summed E-state index contributed by atoms with van der Waals surface area (Å²) in [6.45, 7) is 4.62. The van der Waals surface area contributed by atoms with Crippen molar-refractivity contribution in [3.63, 3.8) is 0 Å². The molecule has 0 saturated carbocycles. The number of aromatic nitrogens is 2. The Morgan fingerprint density at radius 2 is 1.85 bits per heavy atom. The second kappa shape index (κ2) is 4.93. The molecule has 0 aliphatic carbocycles. The number of nitrogens with zero attached hydrogens (tertiary/aromatic N) is 2. The van der Waals surface area contributed by atoms with Gasteiger partial charge in [0.1, 0.15) is 0 Å². The standard InChI is InChI=1S/C17H16N2O/c1-12-8-9-19(11-14-6-4-3-5-7-14)16-13(2)18-17(20)15(16)10-12/h3-10H,11H2,1-2H3. The molecule has 3 nitrogen and oxygen atoms in total. The smallest absolute Gasteiger partial charge is 0.279 e. The zero-order valence-electron chi connectivity index (χ0n) is 11.6. The minimum Gasteiger partial charge on any atom is -0.341 e. The van der Waals surface area contributed by atoms with E-state index in [1.807, 2.05) is 50.4 Å². The van der Waals surface area contributed by atoms with Gasteiger partial charge in [-0.3, -0.25) is 4.79 Å². The van der Waals surface area contributed by atoms with Crippen molar-refractivity contribution in [1.29, 1.82) is 0 Å². The molecule has 3 rings (SSSR count). The molecule has 0 atom stereocenters. The van der Waals surface area contributed by atoms with Crippen LogP contribution < -0.4 is 5.56 Å². The summed E-state index contributed by atoms with van der Waals surface area (Å²) in [7, 11) is 0. The largest absolute Gasteiger partial charge is 0.341 e. The van der Waals surface area contributed by atoms with Gasteiger partial charge >= 0.3 is 0 Å². The summed E-state index contributed by atoms with van der Waals surface area (Å²) in [6.07, 6.45) is 2.03. The highest BCUT2D eigenvalue weighted by atomic mass is 16.1. The van der Waals surface area contributed by atoms with Gasteiger partial charge in [0, 0.05) is 12.7 Å². The molecule has 0 spiro atoms. The molecular weight excluding hydrogens is 248 g/mol. The van der Waals surface area contributed by atoms with Crippen molar-refractivity contribution in [2.45, 2.75) is 20.4 Å². The fourth-order valence-electron chi connectivity index (χ4n) is 2.52. The van der Waals surface area contributed by atoms with Crippen LogP contribution in [0.1, 0.15) is 16.8 Å². The van der Waals surface area contributed by atoms with Crippen molar-refractivity contribution in [2.75, 3.05) is 0 Å². The number of benzene rings is 1. The molecule has 0 fully saturated rings. The number of aryl methyl sites for hydroxylation is 2. The number of hydrogen-bond acceptors (Lipinski definition) is 2. The number of hydrogen-bond donors (Lipinski definition) is 0. The highest BCUT2D eigenvalue weighted by Crippen LogP contribution is 2.07. The van der Waals surface area contributed by atoms with Crippen molar-refractivity contribution in [3.8, 4) is 0 Å². The first-order valence-corrected chi connectivity index (χ1v) is 6.66. The summed E-state index contributed by atoms with van der Waals surface area (Å²) in [4.78, 5) is 16.1. The first kappa shape index (κ1) is 12.6. The summed E-state index contributed by atoms with van der Waals surface area (Å²) < 4.78 is 2.10. The number of rotatable bonds is 2. The van der Waals surface area contributed by atoms with E-state index >= 15 is 0 Å². The summed E-state index contributed by atoms with van der Waals surface area (Å²) in [5.74, 6) is 0. The minimum atomic E-state index is -0.140. The summed E-state index contributed by atoms with van der Waals surface area (Å²) in [5, 5.41) is 1.62. The summed E-state index contributed by atoms with van der Waals surface area (Å²) >= 11 is 0. The van der Waals surface area contributed by atoms with Gasteiger partial charge in [0.05, 0.1) is 16.3 Å². The maximum absolute atomic E-state index is 12.0. The summed E-state index contributed by atoms with van der Waals surface area (Å²) in [5.41, 5.74) is 2.91. The predicted molar refractivity (Wildman–Crippen MR) is 78.8 cm³/mol. The minimum absolute atomic E-state index is 0.140. The van der Waals surface area contributed by atoms with E-state index in [4.69, 9.17) is 0 Å². The molecule has 0 N–H and O–H groups in total. The predicted octanol–water partition coefficient (Wildman–Crippen LogP) is 2.63. The lowest BCUT2D eigenvalue weighted by Crippen LogP contribution is -2.02. The van der Waals surface area contributed by atoms with E-state index in [1.54, 1.807) is 0 Å². The Kier molecular flexibility index (Phi) is 3.11. The van der Waals surface area contributed by atoms with Crippen molar-refractivity contribution in [1.82, 2.24) is 9.55 Å². The van der Waals surface area contributed by atoms with E-state index in [1.165, 1.54) is 5.56 Å². The van der Waals surface area contributed by atoms with Gasteiger partial charge in [-0.25, -0.2) is 4.98 Å². The lowest BCUT2D eigenvalue weighted by Gasteiger charge is -2.05. The Morgan fingerprint density at radius 1 is 1.10 bits per heavy atom. The first-order valence-electron chi connectivity index (χ1n) is 6.66. The Hall–Kier alpha value is -2.42. The van der Waals surface area contributed by atoms with E-state index in [9.17, 15) is 4.79 Å². The van der Waals surface area contributed by atoms with Crippen LogP contribution in [0, 0.1) is 24.4 Å². The van der Waals surface area contributed by atoms with Gasteiger partial charge in [-0.1, -0.05) is 30.3 Å². The highest BCUT2D eigenvalue weighted by Gasteiger charge is 2.06. The van der Waals surface area contributed by atoms with Crippen LogP contribution in [0.4, 0.5) is 0 Å². The molecule has 1 aromatic rings. The molecule has 0 bridgehead atoms. The van der Waals surface area contributed by atoms with Gasteiger partial charge < -0.3 is 4.57 Å². The first-order chi connectivity index (χ1) is 9.65. The maximum atomic E-state index is 12.0. The van der Waals surface area contributed by atoms with Crippen LogP contribution in [-0.4, -0.2) is 9.55 Å². The molecule has 0 unspecified atom stereocenters. The van der Waals surface area contributed by atoms with Gasteiger partial charge in [-0.15, -0.1) is 0 Å². The SMILES string of the molecule is Cc1ccn(Cc2ccccc2)c2c(C)nc(=O)c=2c1. The van der Waals surface area contributed by atoms with E-state index in [0.717, 1.165) is 23.2 Å². The topological polar surface area (TPSA) is 34.9 Å². The fraction of sp³-hybridized carbons (Fsp3) is 0.176. The van der Waals surface area contributed by atoms with E-state index in [2.05, 4.69) is 21.7 Å². The van der Waals surface area contributed by atoms with Crippen molar-refractivity contribution < 1.29 is 0 Å². The third-order valence-electron chi connectivity index (χ3n) is 3.47. The Morgan fingerprint density at radius 3 is 2.60 bits per heavy atom. The maximum Gasteiger partial charge on any atom is 0.279 e. The van der Waals surface area contributed by atoms with E-state index in [-0.39, 0.29) is 5.56 Å². The molecule has 0 saturated heterocycles. The molecule has 0 amide bonds. The van der Waals surface area contributed by atoms with E-state index < -0.39 is 0 Å². The van der Waals surface area contributed by atoms with Gasteiger partial charge in [0.2, 0.25) is 0 Å². The molecule has 2 heterocycles. The normalized spacial score (nSPS) is 10.9. The van der Waals surface area contributed by atoms with Crippen LogP contribution in [0.2, 0.25) is 0 Å². The fourth-order valence-corrected chi connectivity index (χ4v) is 2.52. The van der Waals surface area contributed by atoms with Crippen molar-refractivity contribution >= 4 is 0 Å². The molecule has 0 radical (unpaired) electrons. The lowest BCUT2D eigenvalue weighted by molar-refractivity contribution is 0.764. The third kappa shape index (κ3) is 2.23. The highest BCUT2D eigenvalue weighted by molar-refractivity contribution is 5.20. The van der Waals surface area contributed by atoms with E-state index in [0.29, 0.717) is 5.22 Å². The zero-order chi connectivity index (χ0) is 14.1. The molecule has 2 aliphatic rings. The van der Waals surface area contributed by atoms with Crippen LogP contribution in [0.15, 0.2) is 53.5 Å². The van der Waals surface area contributed by atoms with Crippen LogP contribution in [0.3, 0.4) is 0 Å². The van der Waals surface area contributed by atoms with Crippen molar-refractivity contribution in [3.05, 3.63) is 86.4 Å². The molecule has 20 heavy (non-hydrogen) atoms. The molecule has 0 aromatic heterocycles. The summed E-state index contributed by atoms with van der Waals surface area (Å²) in [6, 6.07) is 14.2. The molecular formula is C17H16N2O. The average Bonchev–Trinajstić information content (AvgIpc) is 2.60. The second-order valence-electron chi connectivity index (χ2n) is 5.08. The quantitative estimate of drug-likeness (QED) is 0.713. The molecule has 100 valence electrons. The average molecular weight is 264 g/mol. The van der Waals surface area contributed by atoms with Crippen LogP contribution in [0.5, 0.6) is 0 Å². The molecule has 1 aromatic carbocycles. The lowest BCUT2D eigenvalue weighted by atomic mass is 10.2. The monoisotopic (exact) mass is 264 g/mol. The second-order valence-corrected chi connectivity index (χ2v) is 5.08. The Balaban J connectivity index is 2.29. The Labute approximate surface area is 117 Å². The van der Waals surface area contributed by atoms with Gasteiger partial charge in [-0.2, -0.15) is 0 Å². The zero-order valence-corrected chi connectivity index (χ0v) is 11.6. The molecule has 3 heteroatoms. The van der Waals surface area contributed by atoms with Gasteiger partial charge in [0.15, 0.2) is 0 Å². The van der Waals surface area contributed by atoms with Gasteiger partial charge in [-0.05, 0) is 37.1 Å². The van der Waals surface area contributed by atoms with Crippen LogP contribution in [-0.2, 0) is 6.54 Å². The third-order valence-corrected chi connectivity index (χ3v) is 3.47. The van der Waals surface area contributed by atoms with Crippen LogP contribution in [0.25, 0.3) is 0 Å². The molecule has 2 aliphatic heterocycles. The van der Waals surface area contributed by atoms with Crippen molar-refractivity contribution in [2.24, 2.45) is 0 Å².